The van der Waals surface area contributed by atoms with Crippen LogP contribution in [-0.4, -0.2) is 44.3 Å². The Balaban J connectivity index is 1.67. The highest BCUT2D eigenvalue weighted by Gasteiger charge is 2.29. The zero-order chi connectivity index (χ0) is 19.7. The lowest BCUT2D eigenvalue weighted by Gasteiger charge is -2.30. The molecule has 2 N–H and O–H groups in total. The summed E-state index contributed by atoms with van der Waals surface area (Å²) in [5.41, 5.74) is 6.85. The number of carbonyl (C=O) groups is 1. The number of nitrogens with one attached hydrogen (secondary N) is 1. The lowest BCUT2D eigenvalue weighted by Crippen LogP contribution is -2.26. The van der Waals surface area contributed by atoms with Crippen molar-refractivity contribution in [3.05, 3.63) is 53.1 Å². The Morgan fingerprint density at radius 2 is 1.86 bits per heavy atom. The number of aliphatic hydroxyl groups excluding tert-OH is 1. The van der Waals surface area contributed by atoms with E-state index in [2.05, 4.69) is 53.5 Å². The van der Waals surface area contributed by atoms with Gasteiger partial charge >= 0.3 is 0 Å². The van der Waals surface area contributed by atoms with Gasteiger partial charge in [-0.3, -0.25) is 4.79 Å². The van der Waals surface area contributed by atoms with Crippen LogP contribution in [0.1, 0.15) is 41.9 Å². The standard InChI is InChI=1S/C23H29N3O2/c1-16-21(26-11-3-4-12-26)10-9-19-20(15-22(28)24-23(16)19)17-5-7-18(8-6-17)25(2)13-14-27/h5-10,20,27H,3-4,11-15H2,1-2H3,(H,24,28). The second-order valence-electron chi connectivity index (χ2n) is 7.91. The number of rotatable bonds is 5. The average Bonchev–Trinajstić information content (AvgIpc) is 3.23. The molecule has 0 aromatic heterocycles. The molecule has 5 nitrogen and oxygen atoms in total. The van der Waals surface area contributed by atoms with Gasteiger partial charge in [-0.2, -0.15) is 0 Å². The summed E-state index contributed by atoms with van der Waals surface area (Å²) in [5, 5.41) is 12.3. The van der Waals surface area contributed by atoms with Gasteiger partial charge in [0.1, 0.15) is 0 Å². The third-order valence-corrected chi connectivity index (χ3v) is 6.12. The van der Waals surface area contributed by atoms with E-state index in [0.717, 1.165) is 30.0 Å². The van der Waals surface area contributed by atoms with Crippen LogP contribution in [0.2, 0.25) is 0 Å². The fraction of sp³-hybridized carbons (Fsp3) is 0.435. The maximum Gasteiger partial charge on any atom is 0.225 e. The molecule has 0 saturated carbocycles. The van der Waals surface area contributed by atoms with Gasteiger partial charge in [0, 0.05) is 56.1 Å². The monoisotopic (exact) mass is 379 g/mol. The van der Waals surface area contributed by atoms with Crippen LogP contribution in [0.25, 0.3) is 0 Å². The van der Waals surface area contributed by atoms with Crippen molar-refractivity contribution < 1.29 is 9.90 Å². The van der Waals surface area contributed by atoms with Gasteiger partial charge in [-0.15, -0.1) is 0 Å². The molecular weight excluding hydrogens is 350 g/mol. The van der Waals surface area contributed by atoms with E-state index in [-0.39, 0.29) is 18.4 Å². The molecule has 28 heavy (non-hydrogen) atoms. The van der Waals surface area contributed by atoms with Crippen molar-refractivity contribution in [2.75, 3.05) is 48.4 Å². The molecule has 2 aromatic carbocycles. The number of hydrogen-bond acceptors (Lipinski definition) is 4. The molecule has 1 saturated heterocycles. The second-order valence-corrected chi connectivity index (χ2v) is 7.91. The number of hydrogen-bond donors (Lipinski definition) is 2. The normalized spacial score (nSPS) is 18.8. The van der Waals surface area contributed by atoms with E-state index in [4.69, 9.17) is 5.11 Å². The fourth-order valence-corrected chi connectivity index (χ4v) is 4.50. The van der Waals surface area contributed by atoms with Crippen LogP contribution in [0.3, 0.4) is 0 Å². The summed E-state index contributed by atoms with van der Waals surface area (Å²) in [6.07, 6.45) is 2.95. The van der Waals surface area contributed by atoms with E-state index in [1.54, 1.807) is 0 Å². The van der Waals surface area contributed by atoms with E-state index in [0.29, 0.717) is 13.0 Å². The fourth-order valence-electron chi connectivity index (χ4n) is 4.50. The number of aliphatic hydroxyl groups is 1. The highest BCUT2D eigenvalue weighted by atomic mass is 16.3. The molecule has 4 rings (SSSR count). The number of nitrogens with zero attached hydrogens (tertiary/aromatic N) is 2. The van der Waals surface area contributed by atoms with Gasteiger partial charge in [-0.05, 0) is 54.7 Å². The van der Waals surface area contributed by atoms with Gasteiger partial charge in [0.15, 0.2) is 0 Å². The topological polar surface area (TPSA) is 55.8 Å². The summed E-state index contributed by atoms with van der Waals surface area (Å²) in [6, 6.07) is 12.8. The SMILES string of the molecule is Cc1c(N2CCCC2)ccc2c1NC(=O)CC2c1ccc(N(C)CCO)cc1. The van der Waals surface area contributed by atoms with Crippen molar-refractivity contribution in [1.82, 2.24) is 0 Å². The molecule has 0 radical (unpaired) electrons. The van der Waals surface area contributed by atoms with Gasteiger partial charge < -0.3 is 20.2 Å². The third kappa shape index (κ3) is 3.47. The molecule has 0 bridgehead atoms. The summed E-state index contributed by atoms with van der Waals surface area (Å²) in [7, 11) is 1.97. The lowest BCUT2D eigenvalue weighted by atomic mass is 9.83. The van der Waals surface area contributed by atoms with E-state index >= 15 is 0 Å². The van der Waals surface area contributed by atoms with E-state index in [9.17, 15) is 4.79 Å². The minimum atomic E-state index is 0.0762. The van der Waals surface area contributed by atoms with Gasteiger partial charge in [0.05, 0.1) is 6.61 Å². The van der Waals surface area contributed by atoms with Crippen molar-refractivity contribution in [2.24, 2.45) is 0 Å². The van der Waals surface area contributed by atoms with Crippen LogP contribution in [0.5, 0.6) is 0 Å². The van der Waals surface area contributed by atoms with Crippen LogP contribution in [-0.2, 0) is 4.79 Å². The number of likely N-dealkylation sites (N-methyl/N-ethyl adjacent to an activating group) is 1. The van der Waals surface area contributed by atoms with Crippen molar-refractivity contribution in [2.45, 2.75) is 32.1 Å². The molecule has 0 spiro atoms. The lowest BCUT2D eigenvalue weighted by molar-refractivity contribution is -0.116. The quantitative estimate of drug-likeness (QED) is 0.835. The predicted molar refractivity (Wildman–Crippen MR) is 115 cm³/mol. The summed E-state index contributed by atoms with van der Waals surface area (Å²) in [5.74, 6) is 0.160. The van der Waals surface area contributed by atoms with Crippen LogP contribution >= 0.6 is 0 Å². The van der Waals surface area contributed by atoms with E-state index < -0.39 is 0 Å². The molecule has 5 heteroatoms. The summed E-state index contributed by atoms with van der Waals surface area (Å²) in [4.78, 5) is 16.9. The van der Waals surface area contributed by atoms with E-state index in [1.807, 2.05) is 11.9 Å². The smallest absolute Gasteiger partial charge is 0.225 e. The molecule has 148 valence electrons. The molecule has 1 unspecified atom stereocenters. The number of anilines is 3. The Morgan fingerprint density at radius 1 is 1.14 bits per heavy atom. The predicted octanol–water partition coefficient (Wildman–Crippen LogP) is 3.50. The van der Waals surface area contributed by atoms with Gasteiger partial charge in [0.25, 0.3) is 0 Å². The molecule has 1 amide bonds. The van der Waals surface area contributed by atoms with Gasteiger partial charge in [-0.1, -0.05) is 18.2 Å². The number of fused-ring (bicyclic) bond motifs is 1. The highest BCUT2D eigenvalue weighted by molar-refractivity contribution is 5.97. The molecule has 2 aromatic rings. The second kappa shape index (κ2) is 7.84. The third-order valence-electron chi connectivity index (χ3n) is 6.12. The Kier molecular flexibility index (Phi) is 5.27. The maximum atomic E-state index is 12.5. The minimum absolute atomic E-state index is 0.0762. The summed E-state index contributed by atoms with van der Waals surface area (Å²) >= 11 is 0. The van der Waals surface area contributed by atoms with Crippen molar-refractivity contribution in [1.29, 1.82) is 0 Å². The first-order valence-electron chi connectivity index (χ1n) is 10.2. The Hall–Kier alpha value is -2.53. The number of amides is 1. The van der Waals surface area contributed by atoms with E-state index in [1.165, 1.54) is 29.7 Å². The molecule has 1 fully saturated rings. The molecular formula is C23H29N3O2. The molecule has 2 heterocycles. The first-order chi connectivity index (χ1) is 13.6. The molecule has 1 atom stereocenters. The Labute approximate surface area is 167 Å². The van der Waals surface area contributed by atoms with Crippen molar-refractivity contribution in [3.63, 3.8) is 0 Å². The zero-order valence-corrected chi connectivity index (χ0v) is 16.7. The number of carbonyl (C=O) groups excluding carboxylic acids is 1. The first kappa shape index (κ1) is 18.8. The highest BCUT2D eigenvalue weighted by Crippen LogP contribution is 2.42. The largest absolute Gasteiger partial charge is 0.395 e. The Morgan fingerprint density at radius 3 is 2.54 bits per heavy atom. The van der Waals surface area contributed by atoms with Crippen LogP contribution in [0.4, 0.5) is 17.1 Å². The molecule has 2 aliphatic heterocycles. The average molecular weight is 380 g/mol. The van der Waals surface area contributed by atoms with Crippen LogP contribution in [0.15, 0.2) is 36.4 Å². The van der Waals surface area contributed by atoms with Gasteiger partial charge in [-0.25, -0.2) is 0 Å². The molecule has 0 aliphatic carbocycles. The first-order valence-corrected chi connectivity index (χ1v) is 10.2. The van der Waals surface area contributed by atoms with Crippen LogP contribution in [0, 0.1) is 6.92 Å². The Bertz CT molecular complexity index is 857. The maximum absolute atomic E-state index is 12.5. The van der Waals surface area contributed by atoms with Crippen molar-refractivity contribution >= 4 is 23.0 Å². The summed E-state index contributed by atoms with van der Waals surface area (Å²) < 4.78 is 0. The number of benzene rings is 2. The van der Waals surface area contributed by atoms with Crippen LogP contribution < -0.4 is 15.1 Å². The molecule has 2 aliphatic rings. The van der Waals surface area contributed by atoms with Crippen molar-refractivity contribution in [3.8, 4) is 0 Å². The zero-order valence-electron chi connectivity index (χ0n) is 16.7. The minimum Gasteiger partial charge on any atom is -0.395 e. The van der Waals surface area contributed by atoms with Gasteiger partial charge in [0.2, 0.25) is 5.91 Å². The summed E-state index contributed by atoms with van der Waals surface area (Å²) in [6.45, 7) is 5.06.